The van der Waals surface area contributed by atoms with Gasteiger partial charge in [-0.15, -0.1) is 0 Å². The molecule has 1 fully saturated rings. The fraction of sp³-hybridized carbons (Fsp3) is 0.385. The minimum absolute atomic E-state index is 0.311. The van der Waals surface area contributed by atoms with Crippen molar-refractivity contribution in [3.63, 3.8) is 0 Å². The fourth-order valence-corrected chi connectivity index (χ4v) is 2.30. The molecule has 3 heteroatoms. The number of piperazine rings is 1. The van der Waals surface area contributed by atoms with E-state index in [0.717, 1.165) is 19.6 Å². The Balaban J connectivity index is 1.93. The Morgan fingerprint density at radius 2 is 2.25 bits per heavy atom. The maximum absolute atomic E-state index is 4.67. The number of hydrogen-bond acceptors (Lipinski definition) is 1. The van der Waals surface area contributed by atoms with E-state index in [0.29, 0.717) is 6.04 Å². The molecule has 0 saturated carbocycles. The molecule has 1 N–H and O–H groups in total. The molecule has 1 unspecified atom stereocenters. The molecular formula is C13H16N3. The Hall–Kier alpha value is -1.32. The molecule has 2 heterocycles. The molecule has 0 aliphatic carbocycles. The normalized spacial score (nSPS) is 22.7. The molecule has 3 rings (SSSR count). The number of hydrogen-bond donors (Lipinski definition) is 1. The highest BCUT2D eigenvalue weighted by Gasteiger charge is 2.20. The van der Waals surface area contributed by atoms with Gasteiger partial charge in [-0.05, 0) is 24.6 Å². The number of rotatable bonds is 1. The van der Waals surface area contributed by atoms with Gasteiger partial charge in [0.15, 0.2) is 0 Å². The number of fused-ring (bicyclic) bond motifs is 1. The summed E-state index contributed by atoms with van der Waals surface area (Å²) >= 11 is 0. The molecule has 2 aromatic rings. The third kappa shape index (κ3) is 1.72. The molecule has 0 bridgehead atoms. The summed E-state index contributed by atoms with van der Waals surface area (Å²) in [4.78, 5) is 5.80. The van der Waals surface area contributed by atoms with Crippen LogP contribution in [-0.4, -0.2) is 36.6 Å². The monoisotopic (exact) mass is 214 g/mol. The molecule has 1 radical (unpaired) electrons. The van der Waals surface area contributed by atoms with Crippen molar-refractivity contribution in [3.05, 3.63) is 36.0 Å². The maximum Gasteiger partial charge on any atom is 0.0772 e. The Kier molecular flexibility index (Phi) is 2.42. The number of aromatic nitrogens is 1. The molecule has 1 aliphatic rings. The lowest BCUT2D eigenvalue weighted by Gasteiger charge is -2.28. The van der Waals surface area contributed by atoms with E-state index in [1.54, 1.807) is 0 Å². The van der Waals surface area contributed by atoms with Crippen LogP contribution in [0.1, 0.15) is 11.7 Å². The summed E-state index contributed by atoms with van der Waals surface area (Å²) in [5.74, 6) is 0. The van der Waals surface area contributed by atoms with Crippen LogP contribution in [0.4, 0.5) is 0 Å². The summed E-state index contributed by atoms with van der Waals surface area (Å²) in [5.41, 5.74) is 2.45. The van der Waals surface area contributed by atoms with Crippen LogP contribution in [0.5, 0.6) is 0 Å². The summed E-state index contributed by atoms with van der Waals surface area (Å²) in [5, 5.41) is 5.95. The number of benzene rings is 1. The van der Waals surface area contributed by atoms with Crippen LogP contribution in [0.3, 0.4) is 0 Å². The molecule has 1 aliphatic heterocycles. The molecule has 0 spiro atoms. The highest BCUT2D eigenvalue weighted by molar-refractivity contribution is 5.80. The second kappa shape index (κ2) is 3.92. The van der Waals surface area contributed by atoms with Crippen LogP contribution in [0.2, 0.25) is 0 Å². The molecule has 3 nitrogen and oxygen atoms in total. The molecular weight excluding hydrogens is 198 g/mol. The first-order chi connectivity index (χ1) is 7.83. The van der Waals surface area contributed by atoms with Crippen molar-refractivity contribution >= 4 is 10.9 Å². The molecule has 1 aromatic heterocycles. The van der Waals surface area contributed by atoms with E-state index >= 15 is 0 Å². The Labute approximate surface area is 95.5 Å². The lowest BCUT2D eigenvalue weighted by atomic mass is 10.1. The molecule has 1 aromatic carbocycles. The molecule has 1 atom stereocenters. The van der Waals surface area contributed by atoms with Gasteiger partial charge in [-0.25, -0.2) is 5.32 Å². The summed E-state index contributed by atoms with van der Waals surface area (Å²) < 4.78 is 0. The lowest BCUT2D eigenvalue weighted by Crippen LogP contribution is -2.40. The van der Waals surface area contributed by atoms with Crippen molar-refractivity contribution in [2.45, 2.75) is 6.04 Å². The lowest BCUT2D eigenvalue weighted by molar-refractivity contribution is 0.234. The number of aromatic amines is 1. The molecule has 1 saturated heterocycles. The highest BCUT2D eigenvalue weighted by Crippen LogP contribution is 2.22. The van der Waals surface area contributed by atoms with Crippen molar-refractivity contribution in [2.75, 3.05) is 26.7 Å². The van der Waals surface area contributed by atoms with Gasteiger partial charge in [0.05, 0.1) is 6.04 Å². The van der Waals surface area contributed by atoms with E-state index in [9.17, 15) is 0 Å². The van der Waals surface area contributed by atoms with E-state index < -0.39 is 0 Å². The van der Waals surface area contributed by atoms with Gasteiger partial charge in [0, 0.05) is 30.8 Å². The first-order valence-electron chi connectivity index (χ1n) is 5.76. The van der Waals surface area contributed by atoms with Crippen molar-refractivity contribution in [2.24, 2.45) is 0 Å². The van der Waals surface area contributed by atoms with Crippen molar-refractivity contribution in [1.29, 1.82) is 0 Å². The zero-order valence-corrected chi connectivity index (χ0v) is 9.48. The van der Waals surface area contributed by atoms with Crippen LogP contribution < -0.4 is 5.32 Å². The van der Waals surface area contributed by atoms with E-state index in [2.05, 4.69) is 52.6 Å². The van der Waals surface area contributed by atoms with Gasteiger partial charge in [0.1, 0.15) is 0 Å². The summed E-state index contributed by atoms with van der Waals surface area (Å²) in [7, 11) is 2.16. The summed E-state index contributed by atoms with van der Waals surface area (Å²) in [6.07, 6.45) is 0. The first-order valence-corrected chi connectivity index (χ1v) is 5.76. The predicted molar refractivity (Wildman–Crippen MR) is 65.5 cm³/mol. The van der Waals surface area contributed by atoms with Gasteiger partial charge in [-0.2, -0.15) is 0 Å². The minimum Gasteiger partial charge on any atom is -0.357 e. The number of likely N-dealkylation sites (N-methyl/N-ethyl adjacent to an activating group) is 1. The smallest absolute Gasteiger partial charge is 0.0772 e. The van der Waals surface area contributed by atoms with Crippen molar-refractivity contribution < 1.29 is 0 Å². The number of H-pyrrole nitrogens is 1. The van der Waals surface area contributed by atoms with Crippen molar-refractivity contribution in [1.82, 2.24) is 15.2 Å². The zero-order valence-electron chi connectivity index (χ0n) is 9.48. The zero-order chi connectivity index (χ0) is 11.0. The van der Waals surface area contributed by atoms with Crippen LogP contribution in [0, 0.1) is 0 Å². The van der Waals surface area contributed by atoms with Gasteiger partial charge >= 0.3 is 0 Å². The van der Waals surface area contributed by atoms with E-state index in [4.69, 9.17) is 0 Å². The molecule has 0 amide bonds. The topological polar surface area (TPSA) is 33.1 Å². The standard InChI is InChI=1S/C13H16N3/c1-16-7-6-14-13(9-16)12-8-10-4-2-3-5-11(10)15-12/h2-5,8,13,15H,6-7,9H2,1H3. The number of nitrogens with one attached hydrogen (secondary N) is 1. The quantitative estimate of drug-likeness (QED) is 0.771. The molecule has 83 valence electrons. The van der Waals surface area contributed by atoms with Gasteiger partial charge in [0.25, 0.3) is 0 Å². The Bertz CT molecular complexity index is 456. The summed E-state index contributed by atoms with van der Waals surface area (Å²) in [6, 6.07) is 10.9. The minimum atomic E-state index is 0.311. The summed E-state index contributed by atoms with van der Waals surface area (Å²) in [6.45, 7) is 3.04. The predicted octanol–water partition coefficient (Wildman–Crippen LogP) is 1.76. The van der Waals surface area contributed by atoms with Crippen LogP contribution in [-0.2, 0) is 0 Å². The van der Waals surface area contributed by atoms with E-state index in [1.165, 1.54) is 16.6 Å². The van der Waals surface area contributed by atoms with Gasteiger partial charge in [-0.3, -0.25) is 0 Å². The third-order valence-electron chi connectivity index (χ3n) is 3.23. The molecule has 16 heavy (non-hydrogen) atoms. The van der Waals surface area contributed by atoms with Gasteiger partial charge in [-0.1, -0.05) is 18.2 Å². The van der Waals surface area contributed by atoms with E-state index in [-0.39, 0.29) is 0 Å². The van der Waals surface area contributed by atoms with E-state index in [1.807, 2.05) is 0 Å². The number of nitrogens with zero attached hydrogens (tertiary/aromatic N) is 2. The second-order valence-corrected chi connectivity index (χ2v) is 4.50. The average Bonchev–Trinajstić information content (AvgIpc) is 2.72. The van der Waals surface area contributed by atoms with Crippen LogP contribution in [0.25, 0.3) is 10.9 Å². The van der Waals surface area contributed by atoms with Crippen LogP contribution in [0.15, 0.2) is 30.3 Å². The third-order valence-corrected chi connectivity index (χ3v) is 3.23. The highest BCUT2D eigenvalue weighted by atomic mass is 15.2. The maximum atomic E-state index is 4.67. The second-order valence-electron chi connectivity index (χ2n) is 4.50. The Morgan fingerprint density at radius 1 is 1.38 bits per heavy atom. The van der Waals surface area contributed by atoms with Gasteiger partial charge < -0.3 is 9.88 Å². The number of para-hydroxylation sites is 1. The first kappa shape index (κ1) is 9.87. The van der Waals surface area contributed by atoms with Crippen LogP contribution >= 0.6 is 0 Å². The Morgan fingerprint density at radius 3 is 3.06 bits per heavy atom. The SMILES string of the molecule is CN1CC[N]C(c2cc3ccccc3[nH]2)C1. The average molecular weight is 214 g/mol. The largest absolute Gasteiger partial charge is 0.357 e. The fourth-order valence-electron chi connectivity index (χ4n) is 2.30. The van der Waals surface area contributed by atoms with Crippen molar-refractivity contribution in [3.8, 4) is 0 Å². The van der Waals surface area contributed by atoms with Gasteiger partial charge in [0.2, 0.25) is 0 Å².